The lowest BCUT2D eigenvalue weighted by atomic mass is 10.2. The number of nitrogens with zero attached hydrogens (tertiary/aromatic N) is 5. The van der Waals surface area contributed by atoms with Gasteiger partial charge in [0.15, 0.2) is 18.1 Å². The third-order valence-electron chi connectivity index (χ3n) is 5.08. The molecule has 0 amide bonds. The van der Waals surface area contributed by atoms with E-state index in [0.29, 0.717) is 11.2 Å². The highest BCUT2D eigenvalue weighted by atomic mass is 19.4. The minimum absolute atomic E-state index is 0.00202. The summed E-state index contributed by atoms with van der Waals surface area (Å²) in [6.45, 7) is -1.20. The number of halogens is 3. The molecule has 0 aliphatic heterocycles. The molecule has 34 heavy (non-hydrogen) atoms. The molecule has 0 saturated heterocycles. The Morgan fingerprint density at radius 2 is 1.82 bits per heavy atom. The summed E-state index contributed by atoms with van der Waals surface area (Å²) in [5.41, 5.74) is 2.39. The predicted octanol–water partition coefficient (Wildman–Crippen LogP) is 3.96. The maximum absolute atomic E-state index is 12.6. The van der Waals surface area contributed by atoms with Crippen molar-refractivity contribution in [2.45, 2.75) is 12.7 Å². The van der Waals surface area contributed by atoms with Crippen LogP contribution < -0.4 is 10.4 Å². The first-order chi connectivity index (χ1) is 16.4. The number of H-pyrrole nitrogens is 1. The standard InChI is InChI=1S/C23H17F3N6O2/c24-23(25,26)14-34-19-5-2-1-4-17(19)20-27-12-18-21(30-20)31(22(33)29-18)13-15-6-8-16(9-7-15)32-11-3-10-28-32/h1-12H,13-14H2,(H,29,33). The third kappa shape index (κ3) is 4.40. The topological polar surface area (TPSA) is 90.6 Å². The first kappa shape index (κ1) is 21.4. The number of nitrogens with one attached hydrogen (secondary N) is 1. The highest BCUT2D eigenvalue weighted by molar-refractivity contribution is 5.74. The number of para-hydroxylation sites is 1. The van der Waals surface area contributed by atoms with Crippen molar-refractivity contribution in [2.24, 2.45) is 0 Å². The van der Waals surface area contributed by atoms with E-state index >= 15 is 0 Å². The zero-order valence-electron chi connectivity index (χ0n) is 17.5. The minimum atomic E-state index is -4.48. The minimum Gasteiger partial charge on any atom is -0.483 e. The molecule has 172 valence electrons. The van der Waals surface area contributed by atoms with Gasteiger partial charge in [-0.05, 0) is 35.9 Å². The molecule has 0 fully saturated rings. The number of aromatic nitrogens is 6. The number of rotatable bonds is 6. The van der Waals surface area contributed by atoms with Crippen molar-refractivity contribution < 1.29 is 17.9 Å². The lowest BCUT2D eigenvalue weighted by molar-refractivity contribution is -0.153. The van der Waals surface area contributed by atoms with Gasteiger partial charge in [-0.25, -0.2) is 19.4 Å². The fourth-order valence-corrected chi connectivity index (χ4v) is 3.52. The Morgan fingerprint density at radius 1 is 1.03 bits per heavy atom. The Kier molecular flexibility index (Phi) is 5.36. The summed E-state index contributed by atoms with van der Waals surface area (Å²) in [7, 11) is 0. The van der Waals surface area contributed by atoms with Gasteiger partial charge in [-0.1, -0.05) is 24.3 Å². The molecule has 1 N–H and O–H groups in total. The van der Waals surface area contributed by atoms with Crippen molar-refractivity contribution in [3.8, 4) is 22.8 Å². The summed E-state index contributed by atoms with van der Waals surface area (Å²) in [5, 5.41) is 4.19. The normalized spacial score (nSPS) is 11.7. The van der Waals surface area contributed by atoms with E-state index in [1.807, 2.05) is 36.5 Å². The number of ether oxygens (including phenoxy) is 1. The van der Waals surface area contributed by atoms with Crippen LogP contribution in [0, 0.1) is 0 Å². The van der Waals surface area contributed by atoms with Crippen LogP contribution in [-0.4, -0.2) is 42.1 Å². The van der Waals surface area contributed by atoms with Crippen LogP contribution in [-0.2, 0) is 6.54 Å². The molecule has 0 aliphatic rings. The average molecular weight is 466 g/mol. The number of hydrogen-bond acceptors (Lipinski definition) is 5. The second-order valence-electron chi connectivity index (χ2n) is 7.46. The Bertz CT molecular complexity index is 1490. The fraction of sp³-hybridized carbons (Fsp3) is 0.130. The number of imidazole rings is 1. The maximum Gasteiger partial charge on any atom is 0.422 e. The van der Waals surface area contributed by atoms with Crippen molar-refractivity contribution in [3.05, 3.63) is 89.2 Å². The van der Waals surface area contributed by atoms with Gasteiger partial charge in [-0.3, -0.25) is 4.57 Å². The van der Waals surface area contributed by atoms with E-state index in [9.17, 15) is 18.0 Å². The fourth-order valence-electron chi connectivity index (χ4n) is 3.52. The van der Waals surface area contributed by atoms with E-state index in [-0.39, 0.29) is 29.4 Å². The van der Waals surface area contributed by atoms with Crippen LogP contribution in [0.1, 0.15) is 5.56 Å². The molecule has 8 nitrogen and oxygen atoms in total. The molecular weight excluding hydrogens is 449 g/mol. The van der Waals surface area contributed by atoms with E-state index in [4.69, 9.17) is 4.74 Å². The lowest BCUT2D eigenvalue weighted by Crippen LogP contribution is -2.19. The van der Waals surface area contributed by atoms with Gasteiger partial charge in [0.05, 0.1) is 24.0 Å². The van der Waals surface area contributed by atoms with Crippen molar-refractivity contribution in [1.29, 1.82) is 0 Å². The second kappa shape index (κ2) is 8.50. The molecule has 3 aromatic heterocycles. The molecule has 0 radical (unpaired) electrons. The molecule has 5 aromatic rings. The Morgan fingerprint density at radius 3 is 2.56 bits per heavy atom. The van der Waals surface area contributed by atoms with Crippen molar-refractivity contribution >= 4 is 11.2 Å². The summed E-state index contributed by atoms with van der Waals surface area (Å²) in [5.74, 6) is 0.143. The van der Waals surface area contributed by atoms with Gasteiger partial charge in [-0.2, -0.15) is 18.3 Å². The van der Waals surface area contributed by atoms with E-state index in [1.54, 1.807) is 29.1 Å². The molecule has 5 rings (SSSR count). The molecule has 0 bridgehead atoms. The van der Waals surface area contributed by atoms with Crippen molar-refractivity contribution in [2.75, 3.05) is 6.61 Å². The second-order valence-corrected chi connectivity index (χ2v) is 7.46. The molecule has 0 spiro atoms. The molecule has 0 unspecified atom stereocenters. The van der Waals surface area contributed by atoms with Crippen molar-refractivity contribution in [1.82, 2.24) is 29.3 Å². The van der Waals surface area contributed by atoms with Crippen LogP contribution in [0.3, 0.4) is 0 Å². The van der Waals surface area contributed by atoms with Crippen LogP contribution in [0.25, 0.3) is 28.2 Å². The smallest absolute Gasteiger partial charge is 0.422 e. The third-order valence-corrected chi connectivity index (χ3v) is 5.08. The van der Waals surface area contributed by atoms with Crippen LogP contribution in [0.2, 0.25) is 0 Å². The summed E-state index contributed by atoms with van der Waals surface area (Å²) >= 11 is 0. The number of benzene rings is 2. The highest BCUT2D eigenvalue weighted by Crippen LogP contribution is 2.29. The highest BCUT2D eigenvalue weighted by Gasteiger charge is 2.29. The molecular formula is C23H17F3N6O2. The van der Waals surface area contributed by atoms with E-state index in [0.717, 1.165) is 11.3 Å². The summed E-state index contributed by atoms with van der Waals surface area (Å²) in [6, 6.07) is 15.5. The molecule has 0 aliphatic carbocycles. The Hall–Kier alpha value is -4.41. The monoisotopic (exact) mass is 466 g/mol. The van der Waals surface area contributed by atoms with Crippen LogP contribution >= 0.6 is 0 Å². The SMILES string of the molecule is O=c1[nH]c2cnc(-c3ccccc3OCC(F)(F)F)nc2n1Cc1ccc(-n2cccn2)cc1. The molecule has 0 saturated carbocycles. The first-order valence-electron chi connectivity index (χ1n) is 10.2. The van der Waals surface area contributed by atoms with Crippen LogP contribution in [0.15, 0.2) is 78.0 Å². The number of fused-ring (bicyclic) bond motifs is 1. The molecule has 2 aromatic carbocycles. The van der Waals surface area contributed by atoms with Crippen LogP contribution in [0.4, 0.5) is 13.2 Å². The zero-order chi connectivity index (χ0) is 23.7. The average Bonchev–Trinajstić information content (AvgIpc) is 3.46. The van der Waals surface area contributed by atoms with Gasteiger partial charge in [0.25, 0.3) is 0 Å². The van der Waals surface area contributed by atoms with Gasteiger partial charge < -0.3 is 9.72 Å². The van der Waals surface area contributed by atoms with Gasteiger partial charge in [-0.15, -0.1) is 0 Å². The van der Waals surface area contributed by atoms with Gasteiger partial charge >= 0.3 is 11.9 Å². The number of hydrogen-bond donors (Lipinski definition) is 1. The quantitative estimate of drug-likeness (QED) is 0.409. The lowest BCUT2D eigenvalue weighted by Gasteiger charge is -2.12. The summed E-state index contributed by atoms with van der Waals surface area (Å²) in [6.07, 6.45) is 0.458. The van der Waals surface area contributed by atoms with Gasteiger partial charge in [0.1, 0.15) is 11.3 Å². The Balaban J connectivity index is 1.48. The van der Waals surface area contributed by atoms with Crippen LogP contribution in [0.5, 0.6) is 5.75 Å². The zero-order valence-corrected chi connectivity index (χ0v) is 17.5. The number of aromatic amines is 1. The Labute approximate surface area is 190 Å². The van der Waals surface area contributed by atoms with Gasteiger partial charge in [0.2, 0.25) is 0 Å². The maximum atomic E-state index is 12.6. The van der Waals surface area contributed by atoms with E-state index < -0.39 is 12.8 Å². The van der Waals surface area contributed by atoms with Crippen molar-refractivity contribution in [3.63, 3.8) is 0 Å². The van der Waals surface area contributed by atoms with E-state index in [2.05, 4.69) is 20.1 Å². The van der Waals surface area contributed by atoms with Gasteiger partial charge in [0, 0.05) is 12.4 Å². The largest absolute Gasteiger partial charge is 0.483 e. The first-order valence-corrected chi connectivity index (χ1v) is 10.2. The molecule has 3 heterocycles. The summed E-state index contributed by atoms with van der Waals surface area (Å²) in [4.78, 5) is 24.0. The number of alkyl halides is 3. The van der Waals surface area contributed by atoms with E-state index in [1.165, 1.54) is 16.8 Å². The molecule has 0 atom stereocenters. The summed E-state index contributed by atoms with van der Waals surface area (Å²) < 4.78 is 46.1. The predicted molar refractivity (Wildman–Crippen MR) is 118 cm³/mol. The molecule has 11 heteroatoms.